The van der Waals surface area contributed by atoms with E-state index in [2.05, 4.69) is 11.7 Å². The molecule has 0 aromatic heterocycles. The van der Waals surface area contributed by atoms with Crippen LogP contribution >= 0.6 is 0 Å². The number of hydrazine groups is 1. The van der Waals surface area contributed by atoms with Crippen molar-refractivity contribution in [2.45, 2.75) is 0 Å². The van der Waals surface area contributed by atoms with E-state index in [4.69, 9.17) is 17.5 Å². The summed E-state index contributed by atoms with van der Waals surface area (Å²) in [6.45, 7) is 0. The Morgan fingerprint density at radius 1 is 1.07 bits per heavy atom. The topological polar surface area (TPSA) is 127 Å². The van der Waals surface area contributed by atoms with Crippen molar-refractivity contribution in [3.05, 3.63) is 36.1 Å². The van der Waals surface area contributed by atoms with Crippen molar-refractivity contribution in [3.8, 4) is 0 Å². The van der Waals surface area contributed by atoms with Gasteiger partial charge in [-0.05, 0) is 12.1 Å². The average molecular weight is 226 g/mol. The standard InChI is InChI=1S/C6H5F.H4N2.H2O4S/c7-6-4-2-1-3-5-6;1-2;1-5(2,3)4/h1-5H;1-2H2;(H2,1,2,3,4). The lowest BCUT2D eigenvalue weighted by Gasteiger charge is -1.78. The summed E-state index contributed by atoms with van der Waals surface area (Å²) < 4.78 is 43.5. The van der Waals surface area contributed by atoms with Crippen molar-refractivity contribution in [2.24, 2.45) is 11.7 Å². The highest BCUT2D eigenvalue weighted by Gasteiger charge is 1.84. The zero-order chi connectivity index (χ0) is 11.6. The third-order valence-corrected chi connectivity index (χ3v) is 0.733. The molecule has 14 heavy (non-hydrogen) atoms. The Morgan fingerprint density at radius 2 is 1.36 bits per heavy atom. The van der Waals surface area contributed by atoms with Gasteiger partial charge in [0.1, 0.15) is 5.82 Å². The SMILES string of the molecule is Fc1ccccc1.NN.O=S(=O)(O)O. The largest absolute Gasteiger partial charge is 0.394 e. The predicted molar refractivity (Wildman–Crippen MR) is 49.0 cm³/mol. The first-order valence-corrected chi connectivity index (χ1v) is 4.53. The first kappa shape index (κ1) is 15.4. The number of hydrogen-bond acceptors (Lipinski definition) is 4. The van der Waals surface area contributed by atoms with Crippen molar-refractivity contribution in [2.75, 3.05) is 0 Å². The van der Waals surface area contributed by atoms with Gasteiger partial charge in [-0.3, -0.25) is 20.8 Å². The molecule has 0 aliphatic heterocycles. The van der Waals surface area contributed by atoms with Crippen molar-refractivity contribution in [3.63, 3.8) is 0 Å². The molecule has 0 atom stereocenters. The van der Waals surface area contributed by atoms with Gasteiger partial charge in [-0.1, -0.05) is 18.2 Å². The highest BCUT2D eigenvalue weighted by molar-refractivity contribution is 7.79. The maximum atomic E-state index is 11.9. The zero-order valence-corrected chi connectivity index (χ0v) is 7.86. The van der Waals surface area contributed by atoms with Gasteiger partial charge >= 0.3 is 10.4 Å². The molecular formula is C6H11FN2O4S. The summed E-state index contributed by atoms with van der Waals surface area (Å²) in [4.78, 5) is 0. The second-order valence-corrected chi connectivity index (χ2v) is 2.64. The molecule has 0 radical (unpaired) electrons. The Balaban J connectivity index is 0. The van der Waals surface area contributed by atoms with Crippen LogP contribution in [0.1, 0.15) is 0 Å². The van der Waals surface area contributed by atoms with Gasteiger partial charge < -0.3 is 0 Å². The van der Waals surface area contributed by atoms with Gasteiger partial charge in [0.25, 0.3) is 0 Å². The average Bonchev–Trinajstić information content (AvgIpc) is 2.06. The van der Waals surface area contributed by atoms with Crippen LogP contribution in [-0.4, -0.2) is 17.5 Å². The van der Waals surface area contributed by atoms with Crippen LogP contribution < -0.4 is 11.7 Å². The van der Waals surface area contributed by atoms with Gasteiger partial charge in [0, 0.05) is 0 Å². The Hall–Kier alpha value is -1.06. The Morgan fingerprint density at radius 3 is 1.50 bits per heavy atom. The quantitative estimate of drug-likeness (QED) is 0.280. The minimum absolute atomic E-state index is 0.178. The molecule has 6 N–H and O–H groups in total. The lowest BCUT2D eigenvalue weighted by Crippen LogP contribution is -2.02. The van der Waals surface area contributed by atoms with Gasteiger partial charge in [0.15, 0.2) is 0 Å². The number of rotatable bonds is 0. The van der Waals surface area contributed by atoms with Crippen LogP contribution in [-0.2, 0) is 10.4 Å². The van der Waals surface area contributed by atoms with E-state index in [9.17, 15) is 4.39 Å². The van der Waals surface area contributed by atoms with Crippen molar-refractivity contribution in [1.82, 2.24) is 0 Å². The molecule has 0 saturated carbocycles. The molecule has 6 nitrogen and oxygen atoms in total. The third-order valence-electron chi connectivity index (χ3n) is 0.733. The molecule has 8 heteroatoms. The Kier molecular flexibility index (Phi) is 9.40. The monoisotopic (exact) mass is 226 g/mol. The summed E-state index contributed by atoms with van der Waals surface area (Å²) >= 11 is 0. The number of nitrogens with two attached hydrogens (primary N) is 2. The maximum absolute atomic E-state index is 11.9. The molecule has 0 aliphatic rings. The van der Waals surface area contributed by atoms with E-state index in [1.165, 1.54) is 12.1 Å². The molecule has 0 fully saturated rings. The van der Waals surface area contributed by atoms with Crippen LogP contribution in [0.5, 0.6) is 0 Å². The molecule has 0 amide bonds. The predicted octanol–water partition coefficient (Wildman–Crippen LogP) is -0.00830. The molecular weight excluding hydrogens is 215 g/mol. The van der Waals surface area contributed by atoms with Crippen LogP contribution in [0.3, 0.4) is 0 Å². The molecule has 0 bridgehead atoms. The Labute approximate surface area is 80.9 Å². The van der Waals surface area contributed by atoms with Gasteiger partial charge in [-0.25, -0.2) is 4.39 Å². The molecule has 0 heterocycles. The van der Waals surface area contributed by atoms with Crippen LogP contribution in [0.25, 0.3) is 0 Å². The molecule has 0 saturated heterocycles. The molecule has 1 aromatic rings. The van der Waals surface area contributed by atoms with Crippen molar-refractivity contribution < 1.29 is 21.9 Å². The number of benzene rings is 1. The second-order valence-electron chi connectivity index (χ2n) is 1.74. The molecule has 1 aromatic carbocycles. The highest BCUT2D eigenvalue weighted by Crippen LogP contribution is 1.91. The summed E-state index contributed by atoms with van der Waals surface area (Å²) in [6, 6.07) is 7.94. The first-order chi connectivity index (χ1) is 6.39. The van der Waals surface area contributed by atoms with E-state index < -0.39 is 10.4 Å². The summed E-state index contributed by atoms with van der Waals surface area (Å²) in [5.41, 5.74) is 0. The minimum atomic E-state index is -4.67. The lowest BCUT2D eigenvalue weighted by atomic mass is 10.4. The van der Waals surface area contributed by atoms with E-state index in [1.54, 1.807) is 18.2 Å². The van der Waals surface area contributed by atoms with E-state index in [0.717, 1.165) is 0 Å². The van der Waals surface area contributed by atoms with Crippen molar-refractivity contribution >= 4 is 10.4 Å². The number of halogens is 1. The van der Waals surface area contributed by atoms with E-state index in [1.807, 2.05) is 0 Å². The van der Waals surface area contributed by atoms with Crippen LogP contribution in [0, 0.1) is 5.82 Å². The van der Waals surface area contributed by atoms with Crippen LogP contribution in [0.4, 0.5) is 4.39 Å². The fourth-order valence-corrected chi connectivity index (χ4v) is 0.415. The Bertz CT molecular complexity index is 308. The summed E-state index contributed by atoms with van der Waals surface area (Å²) in [6.07, 6.45) is 0. The van der Waals surface area contributed by atoms with E-state index in [-0.39, 0.29) is 5.82 Å². The summed E-state index contributed by atoms with van der Waals surface area (Å²) in [7, 11) is -4.67. The van der Waals surface area contributed by atoms with Crippen molar-refractivity contribution in [1.29, 1.82) is 0 Å². The summed E-state index contributed by atoms with van der Waals surface area (Å²) in [5.74, 6) is 7.82. The van der Waals surface area contributed by atoms with Crippen LogP contribution in [0.2, 0.25) is 0 Å². The minimum Gasteiger partial charge on any atom is -0.274 e. The second kappa shape index (κ2) is 8.53. The first-order valence-electron chi connectivity index (χ1n) is 3.13. The summed E-state index contributed by atoms with van der Waals surface area (Å²) in [5, 5.41) is 0. The highest BCUT2D eigenvalue weighted by atomic mass is 32.3. The van der Waals surface area contributed by atoms with Gasteiger partial charge in [-0.15, -0.1) is 0 Å². The molecule has 0 spiro atoms. The maximum Gasteiger partial charge on any atom is 0.394 e. The lowest BCUT2D eigenvalue weighted by molar-refractivity contribution is 0.381. The smallest absolute Gasteiger partial charge is 0.274 e. The fourth-order valence-electron chi connectivity index (χ4n) is 0.415. The molecule has 82 valence electrons. The van der Waals surface area contributed by atoms with E-state index in [0.29, 0.717) is 0 Å². The number of hydrogen-bond donors (Lipinski definition) is 4. The fraction of sp³-hybridized carbons (Fsp3) is 0. The molecule has 0 unspecified atom stereocenters. The third kappa shape index (κ3) is 22.4. The van der Waals surface area contributed by atoms with Gasteiger partial charge in [0.2, 0.25) is 0 Å². The van der Waals surface area contributed by atoms with E-state index >= 15 is 0 Å². The molecule has 1 rings (SSSR count). The normalized spacial score (nSPS) is 8.93. The van der Waals surface area contributed by atoms with Crippen LogP contribution in [0.15, 0.2) is 30.3 Å². The molecule has 0 aliphatic carbocycles. The zero-order valence-electron chi connectivity index (χ0n) is 7.04. The van der Waals surface area contributed by atoms with Gasteiger partial charge in [0.05, 0.1) is 0 Å². The van der Waals surface area contributed by atoms with Gasteiger partial charge in [-0.2, -0.15) is 8.42 Å².